The summed E-state index contributed by atoms with van der Waals surface area (Å²) < 4.78 is 0. The van der Waals surface area contributed by atoms with E-state index in [0.29, 0.717) is 12.8 Å². The molecule has 118 valence electrons. The minimum Gasteiger partial charge on any atom is -0.388 e. The third-order valence-electron chi connectivity index (χ3n) is 4.16. The van der Waals surface area contributed by atoms with Crippen LogP contribution in [0.2, 0.25) is 0 Å². The Bertz CT molecular complexity index is 455. The van der Waals surface area contributed by atoms with Gasteiger partial charge in [-0.1, -0.05) is 12.8 Å². The van der Waals surface area contributed by atoms with Crippen LogP contribution < -0.4 is 10.6 Å². The maximum atomic E-state index is 11.9. The maximum Gasteiger partial charge on any atom is 0.325 e. The van der Waals surface area contributed by atoms with Crippen molar-refractivity contribution in [2.75, 3.05) is 13.1 Å². The van der Waals surface area contributed by atoms with Gasteiger partial charge in [-0.25, -0.2) is 4.79 Å². The first-order valence-electron chi connectivity index (χ1n) is 7.37. The summed E-state index contributed by atoms with van der Waals surface area (Å²) in [5, 5.41) is 15.4. The van der Waals surface area contributed by atoms with E-state index in [0.717, 1.165) is 17.7 Å². The van der Waals surface area contributed by atoms with Gasteiger partial charge in [-0.2, -0.15) is 0 Å². The smallest absolute Gasteiger partial charge is 0.325 e. The van der Waals surface area contributed by atoms with Crippen LogP contribution in [-0.4, -0.2) is 52.1 Å². The van der Waals surface area contributed by atoms with Crippen molar-refractivity contribution in [1.82, 2.24) is 15.5 Å². The van der Waals surface area contributed by atoms with Crippen molar-refractivity contribution in [3.05, 3.63) is 0 Å². The first kappa shape index (κ1) is 15.8. The molecule has 1 aliphatic heterocycles. The van der Waals surface area contributed by atoms with E-state index >= 15 is 0 Å². The maximum absolute atomic E-state index is 11.9. The van der Waals surface area contributed by atoms with E-state index in [2.05, 4.69) is 10.6 Å². The van der Waals surface area contributed by atoms with Gasteiger partial charge in [0.05, 0.1) is 5.60 Å². The molecule has 0 atom stereocenters. The molecule has 1 heterocycles. The molecule has 0 radical (unpaired) electrons. The molecular formula is C14H23N3O4. The Hall–Kier alpha value is -1.63. The molecule has 1 saturated heterocycles. The fourth-order valence-corrected chi connectivity index (χ4v) is 2.80. The molecule has 2 fully saturated rings. The largest absolute Gasteiger partial charge is 0.388 e. The number of carbonyl (C=O) groups is 3. The van der Waals surface area contributed by atoms with Crippen molar-refractivity contribution >= 4 is 17.8 Å². The molecule has 0 unspecified atom stereocenters. The van der Waals surface area contributed by atoms with Crippen molar-refractivity contribution in [3.8, 4) is 0 Å². The van der Waals surface area contributed by atoms with Crippen LogP contribution in [-0.2, 0) is 9.59 Å². The average Bonchev–Trinajstić information content (AvgIpc) is 2.90. The summed E-state index contributed by atoms with van der Waals surface area (Å²) in [5.41, 5.74) is -1.70. The standard InChI is InChI=1S/C14H23N3O4/c1-13(2)11(19)17(12(20)16-13)8-5-10(18)15-9-14(21)6-3-4-7-14/h21H,3-9H2,1-2H3,(H,15,18)(H,16,20). The number of nitrogens with one attached hydrogen (secondary N) is 2. The van der Waals surface area contributed by atoms with Crippen molar-refractivity contribution < 1.29 is 19.5 Å². The Morgan fingerprint density at radius 2 is 1.95 bits per heavy atom. The third-order valence-corrected chi connectivity index (χ3v) is 4.16. The molecule has 2 rings (SSSR count). The second-order valence-corrected chi connectivity index (χ2v) is 6.47. The molecule has 3 N–H and O–H groups in total. The van der Waals surface area contributed by atoms with Crippen molar-refractivity contribution in [3.63, 3.8) is 0 Å². The molecule has 7 heteroatoms. The van der Waals surface area contributed by atoms with E-state index in [1.54, 1.807) is 13.8 Å². The number of urea groups is 1. The SMILES string of the molecule is CC1(C)NC(=O)N(CCC(=O)NCC2(O)CCCC2)C1=O. The minimum atomic E-state index is -0.910. The number of amides is 4. The molecule has 4 amide bonds. The Balaban J connectivity index is 1.77. The van der Waals surface area contributed by atoms with Gasteiger partial charge in [0.2, 0.25) is 5.91 Å². The van der Waals surface area contributed by atoms with Crippen LogP contribution in [0.5, 0.6) is 0 Å². The lowest BCUT2D eigenvalue weighted by atomic mass is 10.0. The van der Waals surface area contributed by atoms with Gasteiger partial charge in [-0.3, -0.25) is 14.5 Å². The van der Waals surface area contributed by atoms with E-state index in [1.807, 2.05) is 0 Å². The highest BCUT2D eigenvalue weighted by molar-refractivity contribution is 6.06. The zero-order chi connectivity index (χ0) is 15.7. The van der Waals surface area contributed by atoms with Crippen molar-refractivity contribution in [2.24, 2.45) is 0 Å². The highest BCUT2D eigenvalue weighted by Crippen LogP contribution is 2.28. The van der Waals surface area contributed by atoms with Crippen LogP contribution in [0.3, 0.4) is 0 Å². The molecule has 7 nitrogen and oxygen atoms in total. The number of carbonyl (C=O) groups excluding carboxylic acids is 3. The molecule has 0 aromatic heterocycles. The van der Waals surface area contributed by atoms with Gasteiger partial charge < -0.3 is 15.7 Å². The van der Waals surface area contributed by atoms with Crippen LogP contribution in [0.1, 0.15) is 46.0 Å². The van der Waals surface area contributed by atoms with Crippen LogP contribution in [0.15, 0.2) is 0 Å². The summed E-state index contributed by atoms with van der Waals surface area (Å²) in [6.45, 7) is 3.54. The highest BCUT2D eigenvalue weighted by Gasteiger charge is 2.44. The molecule has 1 aliphatic carbocycles. The summed E-state index contributed by atoms with van der Waals surface area (Å²) in [6.07, 6.45) is 3.40. The summed E-state index contributed by atoms with van der Waals surface area (Å²) in [6, 6.07) is -0.466. The number of nitrogens with zero attached hydrogens (tertiary/aromatic N) is 1. The van der Waals surface area contributed by atoms with Crippen molar-refractivity contribution in [1.29, 1.82) is 0 Å². The summed E-state index contributed by atoms with van der Waals surface area (Å²) >= 11 is 0. The van der Waals surface area contributed by atoms with Gasteiger partial charge in [0.15, 0.2) is 0 Å². The van der Waals surface area contributed by atoms with E-state index in [-0.39, 0.29) is 31.3 Å². The average molecular weight is 297 g/mol. The van der Waals surface area contributed by atoms with E-state index in [1.165, 1.54) is 0 Å². The molecular weight excluding hydrogens is 274 g/mol. The fraction of sp³-hybridized carbons (Fsp3) is 0.786. The molecule has 1 saturated carbocycles. The Labute approximate surface area is 124 Å². The summed E-state index contributed by atoms with van der Waals surface area (Å²) in [7, 11) is 0. The number of aliphatic hydroxyl groups is 1. The normalized spacial score (nSPS) is 23.3. The van der Waals surface area contributed by atoms with Gasteiger partial charge >= 0.3 is 6.03 Å². The van der Waals surface area contributed by atoms with Gasteiger partial charge in [0.1, 0.15) is 5.54 Å². The zero-order valence-electron chi connectivity index (χ0n) is 12.6. The van der Waals surface area contributed by atoms with Gasteiger partial charge in [-0.15, -0.1) is 0 Å². The fourth-order valence-electron chi connectivity index (χ4n) is 2.80. The first-order valence-corrected chi connectivity index (χ1v) is 7.37. The zero-order valence-corrected chi connectivity index (χ0v) is 12.6. The minimum absolute atomic E-state index is 0.0469. The number of rotatable bonds is 5. The first-order chi connectivity index (χ1) is 9.73. The Kier molecular flexibility index (Phi) is 4.22. The third kappa shape index (κ3) is 3.53. The molecule has 0 spiro atoms. The highest BCUT2D eigenvalue weighted by atomic mass is 16.3. The quantitative estimate of drug-likeness (QED) is 0.628. The second-order valence-electron chi connectivity index (χ2n) is 6.47. The predicted octanol–water partition coefficient (Wildman–Crippen LogP) is 0.128. The summed E-state index contributed by atoms with van der Waals surface area (Å²) in [5.74, 6) is -0.588. The van der Waals surface area contributed by atoms with Crippen LogP contribution in [0, 0.1) is 0 Å². The molecule has 0 bridgehead atoms. The second kappa shape index (κ2) is 5.63. The monoisotopic (exact) mass is 297 g/mol. The Morgan fingerprint density at radius 1 is 1.33 bits per heavy atom. The van der Waals surface area contributed by atoms with Gasteiger partial charge in [0, 0.05) is 19.5 Å². The molecule has 21 heavy (non-hydrogen) atoms. The van der Waals surface area contributed by atoms with E-state index in [9.17, 15) is 19.5 Å². The topological polar surface area (TPSA) is 98.7 Å². The van der Waals surface area contributed by atoms with Crippen molar-refractivity contribution in [2.45, 2.75) is 57.1 Å². The molecule has 0 aromatic carbocycles. The predicted molar refractivity (Wildman–Crippen MR) is 75.4 cm³/mol. The van der Waals surface area contributed by atoms with Gasteiger partial charge in [0.25, 0.3) is 5.91 Å². The Morgan fingerprint density at radius 3 is 2.48 bits per heavy atom. The van der Waals surface area contributed by atoms with Crippen LogP contribution in [0.4, 0.5) is 4.79 Å². The van der Waals surface area contributed by atoms with Gasteiger partial charge in [-0.05, 0) is 26.7 Å². The lowest BCUT2D eigenvalue weighted by Gasteiger charge is -2.22. The number of hydrogen-bond donors (Lipinski definition) is 3. The molecule has 0 aromatic rings. The molecule has 2 aliphatic rings. The summed E-state index contributed by atoms with van der Waals surface area (Å²) in [4.78, 5) is 36.4. The number of hydrogen-bond acceptors (Lipinski definition) is 4. The lowest BCUT2D eigenvalue weighted by Crippen LogP contribution is -2.43. The lowest BCUT2D eigenvalue weighted by molar-refractivity contribution is -0.130. The van der Waals surface area contributed by atoms with E-state index < -0.39 is 17.2 Å². The number of imide groups is 1. The van der Waals surface area contributed by atoms with Crippen LogP contribution >= 0.6 is 0 Å². The van der Waals surface area contributed by atoms with Crippen LogP contribution in [0.25, 0.3) is 0 Å². The van der Waals surface area contributed by atoms with E-state index in [4.69, 9.17) is 0 Å².